The minimum atomic E-state index is -4.46. The van der Waals surface area contributed by atoms with Crippen LogP contribution in [-0.2, 0) is 21.6 Å². The molecule has 0 spiro atoms. The lowest BCUT2D eigenvalue weighted by Crippen LogP contribution is -2.61. The molecule has 1 aliphatic rings. The van der Waals surface area contributed by atoms with Gasteiger partial charge in [0.15, 0.2) is 5.60 Å². The van der Waals surface area contributed by atoms with E-state index in [0.29, 0.717) is 12.1 Å². The molecule has 1 aliphatic heterocycles. The Morgan fingerprint density at radius 2 is 1.97 bits per heavy atom. The molecular weight excluding hydrogens is 396 g/mol. The van der Waals surface area contributed by atoms with Crippen molar-refractivity contribution in [2.24, 2.45) is 0 Å². The number of amides is 1. The van der Waals surface area contributed by atoms with E-state index in [1.165, 1.54) is 0 Å². The molecule has 0 radical (unpaired) electrons. The van der Waals surface area contributed by atoms with E-state index in [0.717, 1.165) is 17.3 Å². The Bertz CT molecular complexity index is 870. The number of nitrogens with one attached hydrogen (secondary N) is 1. The summed E-state index contributed by atoms with van der Waals surface area (Å²) >= 11 is 0. The number of nitrogens with zero attached hydrogens (tertiary/aromatic N) is 3. The lowest BCUT2D eigenvalue weighted by atomic mass is 9.82. The highest BCUT2D eigenvalue weighted by molar-refractivity contribution is 5.85. The number of carbonyl (C=O) groups is 1. The number of carbonyl (C=O) groups excluding carboxylic acids is 1. The zero-order valence-electron chi connectivity index (χ0n) is 15.7. The molecule has 0 bridgehead atoms. The lowest BCUT2D eigenvalue weighted by Gasteiger charge is -2.41. The number of benzene rings is 1. The van der Waals surface area contributed by atoms with Gasteiger partial charge in [0.05, 0.1) is 12.2 Å². The molecule has 3 unspecified atom stereocenters. The van der Waals surface area contributed by atoms with Crippen LogP contribution < -0.4 is 0 Å². The molecule has 1 saturated heterocycles. The van der Waals surface area contributed by atoms with Gasteiger partial charge in [-0.1, -0.05) is 6.07 Å². The Labute approximate surface area is 163 Å². The molecule has 1 fully saturated rings. The van der Waals surface area contributed by atoms with Crippen molar-refractivity contribution in [3.8, 4) is 0 Å². The van der Waals surface area contributed by atoms with Crippen LogP contribution in [0.4, 0.5) is 17.6 Å². The second kappa shape index (κ2) is 7.71. The van der Waals surface area contributed by atoms with Crippen LogP contribution in [0.15, 0.2) is 24.5 Å². The number of hydrogen-bond donors (Lipinski definition) is 2. The van der Waals surface area contributed by atoms with E-state index in [2.05, 4.69) is 15.2 Å². The van der Waals surface area contributed by atoms with E-state index >= 15 is 8.78 Å². The quantitative estimate of drug-likeness (QED) is 0.726. The maximum atomic E-state index is 15.5. The third-order valence-electron chi connectivity index (χ3n) is 4.76. The zero-order valence-corrected chi connectivity index (χ0v) is 15.7. The predicted molar refractivity (Wildman–Crippen MR) is 91.9 cm³/mol. The molecule has 2 aromatic rings. The number of H-pyrrole nitrogens is 1. The van der Waals surface area contributed by atoms with Crippen LogP contribution >= 0.6 is 0 Å². The Balaban J connectivity index is 2.05. The first-order chi connectivity index (χ1) is 13.5. The van der Waals surface area contributed by atoms with Gasteiger partial charge in [-0.2, -0.15) is 13.9 Å². The molecule has 2 heterocycles. The van der Waals surface area contributed by atoms with Crippen molar-refractivity contribution >= 4 is 5.91 Å². The summed E-state index contributed by atoms with van der Waals surface area (Å²) in [5, 5.41) is 16.8. The second-order valence-electron chi connectivity index (χ2n) is 7.14. The number of hydrogen-bond acceptors (Lipinski definition) is 5. The van der Waals surface area contributed by atoms with Gasteiger partial charge in [-0.3, -0.25) is 9.89 Å². The maximum Gasteiger partial charge on any atom is 0.357 e. The Kier molecular flexibility index (Phi) is 5.63. The van der Waals surface area contributed by atoms with Gasteiger partial charge in [-0.05, 0) is 19.9 Å². The average Bonchev–Trinajstić information content (AvgIpc) is 3.12. The molecule has 2 N–H and O–H groups in total. The number of morpholine rings is 1. The molecule has 0 aliphatic carbocycles. The van der Waals surface area contributed by atoms with Crippen molar-refractivity contribution in [1.29, 1.82) is 0 Å². The van der Waals surface area contributed by atoms with Gasteiger partial charge < -0.3 is 14.7 Å². The summed E-state index contributed by atoms with van der Waals surface area (Å²) in [5.74, 6) is -8.78. The Morgan fingerprint density at radius 1 is 1.31 bits per heavy atom. The molecule has 1 amide bonds. The average molecular weight is 416 g/mol. The van der Waals surface area contributed by atoms with Crippen molar-refractivity contribution in [1.82, 2.24) is 20.1 Å². The van der Waals surface area contributed by atoms with E-state index in [1.54, 1.807) is 13.8 Å². The maximum absolute atomic E-state index is 15.5. The highest BCUT2D eigenvalue weighted by Gasteiger charge is 2.62. The number of aromatic nitrogens is 3. The monoisotopic (exact) mass is 416 g/mol. The summed E-state index contributed by atoms with van der Waals surface area (Å²) in [7, 11) is 0. The van der Waals surface area contributed by atoms with Crippen molar-refractivity contribution in [2.45, 2.75) is 44.0 Å². The van der Waals surface area contributed by atoms with Gasteiger partial charge in [-0.25, -0.2) is 13.8 Å². The second-order valence-corrected chi connectivity index (χ2v) is 7.14. The molecule has 0 saturated carbocycles. The molecule has 11 heteroatoms. The summed E-state index contributed by atoms with van der Waals surface area (Å²) in [6, 6.07) is 1.77. The molecule has 1 aromatic heterocycles. The smallest absolute Gasteiger partial charge is 0.357 e. The van der Waals surface area contributed by atoms with Crippen LogP contribution in [0.1, 0.15) is 25.2 Å². The molecule has 3 rings (SSSR count). The van der Waals surface area contributed by atoms with Crippen LogP contribution in [0.3, 0.4) is 0 Å². The van der Waals surface area contributed by atoms with Crippen molar-refractivity contribution < 1.29 is 32.2 Å². The number of halogens is 4. The molecule has 1 aromatic carbocycles. The number of aliphatic hydroxyl groups is 1. The van der Waals surface area contributed by atoms with Crippen molar-refractivity contribution in [3.05, 3.63) is 47.5 Å². The third-order valence-corrected chi connectivity index (χ3v) is 4.76. The number of aromatic amines is 1. The summed E-state index contributed by atoms with van der Waals surface area (Å²) in [5.41, 5.74) is -4.27. The topological polar surface area (TPSA) is 91.3 Å². The highest BCUT2D eigenvalue weighted by Crippen LogP contribution is 2.43. The fraction of sp³-hybridized carbons (Fsp3) is 0.500. The first-order valence-electron chi connectivity index (χ1n) is 8.89. The molecule has 29 heavy (non-hydrogen) atoms. The van der Waals surface area contributed by atoms with E-state index < -0.39 is 53.3 Å². The molecule has 3 atom stereocenters. The fourth-order valence-electron chi connectivity index (χ4n) is 3.48. The van der Waals surface area contributed by atoms with Gasteiger partial charge in [-0.15, -0.1) is 0 Å². The van der Waals surface area contributed by atoms with Crippen LogP contribution in [0.5, 0.6) is 0 Å². The minimum Gasteiger partial charge on any atom is -0.378 e. The lowest BCUT2D eigenvalue weighted by molar-refractivity contribution is -0.212. The number of alkyl halides is 2. The summed E-state index contributed by atoms with van der Waals surface area (Å²) in [6.45, 7) is 3.00. The normalized spacial score (nSPS) is 22.4. The minimum absolute atomic E-state index is 0.122. The van der Waals surface area contributed by atoms with Crippen molar-refractivity contribution in [2.75, 3.05) is 13.1 Å². The summed E-state index contributed by atoms with van der Waals surface area (Å²) in [4.78, 5) is 17.3. The van der Waals surface area contributed by atoms with Gasteiger partial charge >= 0.3 is 5.92 Å². The summed E-state index contributed by atoms with van der Waals surface area (Å²) < 4.78 is 64.1. The van der Waals surface area contributed by atoms with Gasteiger partial charge in [0.25, 0.3) is 5.91 Å². The van der Waals surface area contributed by atoms with Crippen molar-refractivity contribution in [3.63, 3.8) is 0 Å². The SMILES string of the molecule is CC1CN(C(=O)C(F)(F)C(O)(Cc2ncn[nH]2)c2ccc(F)cc2F)CC(C)O1. The largest absolute Gasteiger partial charge is 0.378 e. The Morgan fingerprint density at radius 3 is 2.52 bits per heavy atom. The van der Waals surface area contributed by atoms with Gasteiger partial charge in [0, 0.05) is 31.1 Å². The van der Waals surface area contributed by atoms with E-state index in [4.69, 9.17) is 4.74 Å². The molecule has 158 valence electrons. The predicted octanol–water partition coefficient (Wildman–Crippen LogP) is 1.78. The van der Waals surface area contributed by atoms with Crippen LogP contribution in [0, 0.1) is 11.6 Å². The van der Waals surface area contributed by atoms with E-state index in [-0.39, 0.29) is 18.9 Å². The van der Waals surface area contributed by atoms with Crippen LogP contribution in [-0.4, -0.2) is 62.3 Å². The summed E-state index contributed by atoms with van der Waals surface area (Å²) in [6.07, 6.45) is -0.932. The van der Waals surface area contributed by atoms with E-state index in [9.17, 15) is 18.7 Å². The molecular formula is C18H20F4N4O3. The third kappa shape index (κ3) is 3.97. The Hall–Kier alpha value is -2.53. The number of rotatable bonds is 5. The first kappa shape index (κ1) is 21.2. The van der Waals surface area contributed by atoms with Crippen LogP contribution in [0.25, 0.3) is 0 Å². The van der Waals surface area contributed by atoms with E-state index in [1.807, 2.05) is 0 Å². The highest BCUT2D eigenvalue weighted by atomic mass is 19.3. The molecule has 7 nitrogen and oxygen atoms in total. The fourth-order valence-corrected chi connectivity index (χ4v) is 3.48. The van der Waals surface area contributed by atoms with Gasteiger partial charge in [0.1, 0.15) is 23.8 Å². The number of ether oxygens (including phenoxy) is 1. The standard InChI is InChI=1S/C18H20F4N4O3/c1-10-7-26(8-11(2)29-10)16(27)18(21,22)17(28,6-15-23-9-24-25-15)13-4-3-12(19)5-14(13)20/h3-5,9-11,28H,6-8H2,1-2H3,(H,23,24,25). The van der Waals surface area contributed by atoms with Gasteiger partial charge in [0.2, 0.25) is 0 Å². The van der Waals surface area contributed by atoms with Crippen LogP contribution in [0.2, 0.25) is 0 Å². The zero-order chi connectivity index (χ0) is 21.4. The first-order valence-corrected chi connectivity index (χ1v) is 8.89.